The van der Waals surface area contributed by atoms with E-state index < -0.39 is 12.2 Å². The number of nitrogens with zero attached hydrogens (tertiary/aromatic N) is 8. The quantitative estimate of drug-likeness (QED) is 0.343. The van der Waals surface area contributed by atoms with Crippen LogP contribution in [0, 0.1) is 0 Å². The van der Waals surface area contributed by atoms with E-state index in [-0.39, 0.29) is 49.6 Å². The Labute approximate surface area is 133 Å². The molecule has 0 aliphatic heterocycles. The predicted molar refractivity (Wildman–Crippen MR) is 51.8 cm³/mol. The molecule has 0 saturated heterocycles. The topological polar surface area (TPSA) is 220 Å². The molecule has 0 aliphatic rings. The number of nitrogens with two attached hydrogens (primary N) is 2. The van der Waals surface area contributed by atoms with Crippen LogP contribution in [0.4, 0.5) is 21.5 Å². The molecule has 0 unspecified atom stereocenters. The zero-order chi connectivity index (χ0) is 13.7. The molecule has 0 amide bonds. The molecule has 0 atom stereocenters. The van der Waals surface area contributed by atoms with Crippen LogP contribution in [-0.2, 0) is 0 Å². The van der Waals surface area contributed by atoms with Gasteiger partial charge in [-0.3, -0.25) is 0 Å². The molecule has 0 spiro atoms. The van der Waals surface area contributed by atoms with E-state index in [9.17, 15) is 19.8 Å². The van der Waals surface area contributed by atoms with E-state index in [0.29, 0.717) is 9.36 Å². The number of anilines is 2. The summed E-state index contributed by atoms with van der Waals surface area (Å²) in [6.45, 7) is 0. The standard InChI is InChI=1S/2C2H3N5O2.Ca/c2*3-1-4-5-6-7(1)2(8)9;/h2*(H,8,9)(H2,3,4,6);/q;;+2/p-2. The molecule has 2 heterocycles. The van der Waals surface area contributed by atoms with E-state index in [1.165, 1.54) is 0 Å². The van der Waals surface area contributed by atoms with Crippen molar-refractivity contribution in [1.82, 2.24) is 40.4 Å². The van der Waals surface area contributed by atoms with E-state index in [2.05, 4.69) is 31.1 Å². The molecule has 4 N–H and O–H groups in total. The third kappa shape index (κ3) is 4.60. The molecule has 2 aromatic rings. The maximum absolute atomic E-state index is 9.91. The summed E-state index contributed by atoms with van der Waals surface area (Å²) in [5, 5.41) is 37.9. The summed E-state index contributed by atoms with van der Waals surface area (Å²) in [6.07, 6.45) is -3.09. The second kappa shape index (κ2) is 7.39. The van der Waals surface area contributed by atoms with Crippen LogP contribution in [-0.4, -0.2) is 90.3 Å². The number of hydrogen-bond donors (Lipinski definition) is 2. The second-order valence-corrected chi connectivity index (χ2v) is 2.43. The van der Waals surface area contributed by atoms with Gasteiger partial charge in [-0.2, -0.15) is 9.36 Å². The summed E-state index contributed by atoms with van der Waals surface area (Å²) >= 11 is 0. The first-order valence-electron chi connectivity index (χ1n) is 3.94. The summed E-state index contributed by atoms with van der Waals surface area (Å²) in [5.74, 6) is -0.593. The normalized spacial score (nSPS) is 8.84. The predicted octanol–water partition coefficient (Wildman–Crippen LogP) is -5.49. The van der Waals surface area contributed by atoms with E-state index in [0.717, 1.165) is 0 Å². The van der Waals surface area contributed by atoms with Gasteiger partial charge in [-0.1, -0.05) is 10.2 Å². The van der Waals surface area contributed by atoms with Gasteiger partial charge in [0, 0.05) is 0 Å². The van der Waals surface area contributed by atoms with E-state index in [1.54, 1.807) is 0 Å². The van der Waals surface area contributed by atoms with E-state index in [4.69, 9.17) is 11.5 Å². The fraction of sp³-hybridized carbons (Fsp3) is 0. The van der Waals surface area contributed by atoms with Gasteiger partial charge in [0.25, 0.3) is 0 Å². The van der Waals surface area contributed by atoms with Gasteiger partial charge in [0.1, 0.15) is 0 Å². The number of carbonyl (C=O) groups excluding carboxylic acids is 2. The Hall–Kier alpha value is -2.06. The molecule has 96 valence electrons. The first kappa shape index (κ1) is 16.9. The maximum atomic E-state index is 9.91. The van der Waals surface area contributed by atoms with Crippen LogP contribution in [0.5, 0.6) is 0 Å². The minimum absolute atomic E-state index is 0. The van der Waals surface area contributed by atoms with Crippen LogP contribution in [0.15, 0.2) is 0 Å². The molecule has 19 heavy (non-hydrogen) atoms. The van der Waals surface area contributed by atoms with Crippen LogP contribution in [0.1, 0.15) is 0 Å². The van der Waals surface area contributed by atoms with Crippen LogP contribution in [0.2, 0.25) is 0 Å². The summed E-state index contributed by atoms with van der Waals surface area (Å²) in [7, 11) is 0. The zero-order valence-electron chi connectivity index (χ0n) is 9.07. The van der Waals surface area contributed by atoms with E-state index in [1.807, 2.05) is 0 Å². The Bertz CT molecular complexity index is 513. The smallest absolute Gasteiger partial charge is 0.528 e. The molecule has 0 bridgehead atoms. The van der Waals surface area contributed by atoms with Crippen LogP contribution in [0.3, 0.4) is 0 Å². The van der Waals surface area contributed by atoms with Gasteiger partial charge in [-0.05, 0) is 20.9 Å². The summed E-state index contributed by atoms with van der Waals surface area (Å²) in [6, 6.07) is 0. The largest absolute Gasteiger partial charge is 2.00 e. The Kier molecular flexibility index (Phi) is 6.59. The van der Waals surface area contributed by atoms with Crippen LogP contribution in [0.25, 0.3) is 0 Å². The summed E-state index contributed by atoms with van der Waals surface area (Å²) in [4.78, 5) is 19.8. The van der Waals surface area contributed by atoms with Crippen molar-refractivity contribution in [2.24, 2.45) is 0 Å². The molecular formula is C4H4CaN10O4. The first-order chi connectivity index (χ1) is 8.43. The van der Waals surface area contributed by atoms with Crippen molar-refractivity contribution in [3.8, 4) is 0 Å². The van der Waals surface area contributed by atoms with Crippen LogP contribution >= 0.6 is 0 Å². The minimum atomic E-state index is -1.54. The Morgan fingerprint density at radius 1 is 0.895 bits per heavy atom. The number of nitrogen functional groups attached to an aromatic ring is 2. The van der Waals surface area contributed by atoms with Gasteiger partial charge >= 0.3 is 37.7 Å². The molecule has 14 nitrogen and oxygen atoms in total. The van der Waals surface area contributed by atoms with Crippen molar-refractivity contribution in [3.63, 3.8) is 0 Å². The fourth-order valence-electron chi connectivity index (χ4n) is 0.648. The van der Waals surface area contributed by atoms with Gasteiger partial charge in [0.2, 0.25) is 11.9 Å². The summed E-state index contributed by atoms with van der Waals surface area (Å²) < 4.78 is 0.722. The Morgan fingerprint density at radius 2 is 1.21 bits per heavy atom. The summed E-state index contributed by atoms with van der Waals surface area (Å²) in [5.41, 5.74) is 9.90. The second-order valence-electron chi connectivity index (χ2n) is 2.43. The molecule has 15 heteroatoms. The third-order valence-electron chi connectivity index (χ3n) is 1.33. The van der Waals surface area contributed by atoms with Gasteiger partial charge in [0.05, 0.1) is 0 Å². The fourth-order valence-corrected chi connectivity index (χ4v) is 0.648. The number of carboxylic acid groups (broad SMARTS) is 2. The van der Waals surface area contributed by atoms with Crippen molar-refractivity contribution in [1.29, 1.82) is 0 Å². The average Bonchev–Trinajstić information content (AvgIpc) is 2.87. The molecule has 0 aliphatic carbocycles. The molecule has 2 aromatic heterocycles. The van der Waals surface area contributed by atoms with Crippen LogP contribution < -0.4 is 21.7 Å². The van der Waals surface area contributed by atoms with Gasteiger partial charge in [-0.15, -0.1) is 0 Å². The van der Waals surface area contributed by atoms with Crippen molar-refractivity contribution < 1.29 is 19.8 Å². The van der Waals surface area contributed by atoms with Crippen molar-refractivity contribution in [2.75, 3.05) is 11.5 Å². The Balaban J connectivity index is 0.000000324. The zero-order valence-corrected chi connectivity index (χ0v) is 11.3. The molecular weight excluding hydrogens is 292 g/mol. The van der Waals surface area contributed by atoms with Gasteiger partial charge in [-0.25, -0.2) is 0 Å². The number of tetrazole rings is 2. The van der Waals surface area contributed by atoms with Gasteiger partial charge < -0.3 is 31.3 Å². The number of aromatic nitrogens is 8. The SMILES string of the molecule is Nc1nnnn1C(=O)[O-].Nc1nnnn1C(=O)[O-].[Ca+2]. The van der Waals surface area contributed by atoms with Crippen molar-refractivity contribution in [3.05, 3.63) is 0 Å². The first-order valence-corrected chi connectivity index (χ1v) is 3.94. The monoisotopic (exact) mass is 296 g/mol. The Morgan fingerprint density at radius 3 is 1.32 bits per heavy atom. The molecule has 0 aromatic carbocycles. The van der Waals surface area contributed by atoms with E-state index >= 15 is 0 Å². The number of hydrogen-bond acceptors (Lipinski definition) is 12. The van der Waals surface area contributed by atoms with Gasteiger partial charge in [0.15, 0.2) is 12.2 Å². The minimum Gasteiger partial charge on any atom is -0.528 e. The molecule has 0 radical (unpaired) electrons. The number of rotatable bonds is 0. The molecule has 0 saturated carbocycles. The molecule has 0 fully saturated rings. The average molecular weight is 296 g/mol. The molecule has 2 rings (SSSR count). The third-order valence-corrected chi connectivity index (χ3v) is 1.33. The number of carbonyl (C=O) groups is 2. The maximum Gasteiger partial charge on any atom is 2.00 e. The van der Waals surface area contributed by atoms with Crippen molar-refractivity contribution in [2.45, 2.75) is 0 Å². The van der Waals surface area contributed by atoms with Crippen molar-refractivity contribution >= 4 is 61.8 Å².